The van der Waals surface area contributed by atoms with Crippen LogP contribution in [0.25, 0.3) is 0 Å². The minimum atomic E-state index is 0.572. The molecule has 0 aromatic heterocycles. The average molecular weight is 286 g/mol. The van der Waals surface area contributed by atoms with E-state index in [0.717, 1.165) is 18.0 Å². The van der Waals surface area contributed by atoms with Crippen LogP contribution in [0.5, 0.6) is 0 Å². The van der Waals surface area contributed by atoms with Crippen LogP contribution in [-0.4, -0.2) is 24.1 Å². The van der Waals surface area contributed by atoms with Crippen LogP contribution in [0.3, 0.4) is 0 Å². The first-order valence-corrected chi connectivity index (χ1v) is 8.35. The van der Waals surface area contributed by atoms with E-state index in [0.29, 0.717) is 6.04 Å². The number of benzene rings is 1. The first-order valence-electron chi connectivity index (χ1n) is 6.81. The Morgan fingerprint density at radius 2 is 1.89 bits per heavy atom. The molecule has 1 atom stereocenters. The summed E-state index contributed by atoms with van der Waals surface area (Å²) in [5.74, 6) is 2.45. The van der Waals surface area contributed by atoms with Crippen molar-refractivity contribution in [2.24, 2.45) is 0 Å². The standard InChI is InChI=1S/C15H24ClNS/c1-3-9-17-15(12-18-10-4-2)11-13-5-7-14(16)8-6-13/h5-8,15,17H,3-4,9-12H2,1-2H3. The van der Waals surface area contributed by atoms with E-state index in [1.54, 1.807) is 0 Å². The summed E-state index contributed by atoms with van der Waals surface area (Å²) in [5, 5.41) is 4.45. The largest absolute Gasteiger partial charge is 0.313 e. The number of hydrogen-bond donors (Lipinski definition) is 1. The predicted molar refractivity (Wildman–Crippen MR) is 84.9 cm³/mol. The van der Waals surface area contributed by atoms with Crippen LogP contribution in [0.4, 0.5) is 0 Å². The first-order chi connectivity index (χ1) is 8.76. The Balaban J connectivity index is 2.45. The second-order valence-electron chi connectivity index (χ2n) is 4.56. The summed E-state index contributed by atoms with van der Waals surface area (Å²) in [6.07, 6.45) is 3.54. The Morgan fingerprint density at radius 3 is 2.50 bits per heavy atom. The van der Waals surface area contributed by atoms with Crippen molar-refractivity contribution in [3.8, 4) is 0 Å². The topological polar surface area (TPSA) is 12.0 Å². The number of rotatable bonds is 9. The minimum absolute atomic E-state index is 0.572. The maximum Gasteiger partial charge on any atom is 0.0406 e. The highest BCUT2D eigenvalue weighted by molar-refractivity contribution is 7.99. The third-order valence-electron chi connectivity index (χ3n) is 2.75. The van der Waals surface area contributed by atoms with Gasteiger partial charge >= 0.3 is 0 Å². The summed E-state index contributed by atoms with van der Waals surface area (Å²) in [6.45, 7) is 5.55. The normalized spacial score (nSPS) is 12.6. The number of nitrogens with one attached hydrogen (secondary N) is 1. The molecule has 0 bridgehead atoms. The SMILES string of the molecule is CCCNC(CSCCC)Cc1ccc(Cl)cc1. The van der Waals surface area contributed by atoms with Crippen LogP contribution >= 0.6 is 23.4 Å². The third kappa shape index (κ3) is 6.67. The predicted octanol–water partition coefficient (Wildman–Crippen LogP) is 4.39. The zero-order chi connectivity index (χ0) is 13.2. The molecule has 1 rings (SSSR count). The zero-order valence-corrected chi connectivity index (χ0v) is 13.0. The molecule has 1 aromatic carbocycles. The maximum absolute atomic E-state index is 5.91. The Morgan fingerprint density at radius 1 is 1.17 bits per heavy atom. The number of hydrogen-bond acceptors (Lipinski definition) is 2. The van der Waals surface area contributed by atoms with Crippen LogP contribution in [0.15, 0.2) is 24.3 Å². The van der Waals surface area contributed by atoms with Gasteiger partial charge < -0.3 is 5.32 Å². The lowest BCUT2D eigenvalue weighted by atomic mass is 10.1. The van der Waals surface area contributed by atoms with Gasteiger partial charge in [0, 0.05) is 16.8 Å². The van der Waals surface area contributed by atoms with E-state index in [4.69, 9.17) is 11.6 Å². The Kier molecular flexibility index (Phi) is 8.57. The summed E-state index contributed by atoms with van der Waals surface area (Å²) in [4.78, 5) is 0. The molecule has 0 fully saturated rings. The zero-order valence-electron chi connectivity index (χ0n) is 11.4. The second kappa shape index (κ2) is 9.71. The van der Waals surface area contributed by atoms with E-state index in [1.807, 2.05) is 23.9 Å². The molecule has 1 unspecified atom stereocenters. The molecular formula is C15H24ClNS. The van der Waals surface area contributed by atoms with Gasteiger partial charge in [-0.1, -0.05) is 37.6 Å². The Hall–Kier alpha value is -0.180. The summed E-state index contributed by atoms with van der Waals surface area (Å²) in [5.41, 5.74) is 1.37. The van der Waals surface area contributed by atoms with Crippen LogP contribution in [0.1, 0.15) is 32.3 Å². The van der Waals surface area contributed by atoms with Crippen molar-refractivity contribution in [1.82, 2.24) is 5.32 Å². The van der Waals surface area contributed by atoms with E-state index in [9.17, 15) is 0 Å². The smallest absolute Gasteiger partial charge is 0.0406 e. The highest BCUT2D eigenvalue weighted by Crippen LogP contribution is 2.13. The van der Waals surface area contributed by atoms with Crippen molar-refractivity contribution < 1.29 is 0 Å². The van der Waals surface area contributed by atoms with Gasteiger partial charge in [0.15, 0.2) is 0 Å². The third-order valence-corrected chi connectivity index (χ3v) is 4.33. The molecule has 18 heavy (non-hydrogen) atoms. The molecule has 3 heteroatoms. The minimum Gasteiger partial charge on any atom is -0.313 e. The lowest BCUT2D eigenvalue weighted by Crippen LogP contribution is -2.34. The molecule has 0 heterocycles. The van der Waals surface area contributed by atoms with Crippen molar-refractivity contribution >= 4 is 23.4 Å². The fraction of sp³-hybridized carbons (Fsp3) is 0.600. The molecule has 1 aromatic rings. The van der Waals surface area contributed by atoms with Gasteiger partial charge in [0.05, 0.1) is 0 Å². The van der Waals surface area contributed by atoms with E-state index < -0.39 is 0 Å². The molecule has 0 aliphatic carbocycles. The van der Waals surface area contributed by atoms with Gasteiger partial charge in [0.25, 0.3) is 0 Å². The lowest BCUT2D eigenvalue weighted by molar-refractivity contribution is 0.550. The Labute approximate surface area is 121 Å². The fourth-order valence-electron chi connectivity index (χ4n) is 1.81. The molecular weight excluding hydrogens is 262 g/mol. The first kappa shape index (κ1) is 15.9. The molecule has 0 radical (unpaired) electrons. The molecule has 1 N–H and O–H groups in total. The fourth-order valence-corrected chi connectivity index (χ4v) is 2.91. The molecule has 102 valence electrons. The maximum atomic E-state index is 5.91. The lowest BCUT2D eigenvalue weighted by Gasteiger charge is -2.18. The average Bonchev–Trinajstić information content (AvgIpc) is 2.38. The summed E-state index contributed by atoms with van der Waals surface area (Å²) in [7, 11) is 0. The van der Waals surface area contributed by atoms with Gasteiger partial charge in [-0.05, 0) is 49.3 Å². The quantitative estimate of drug-likeness (QED) is 0.675. The molecule has 0 aliphatic rings. The molecule has 0 saturated carbocycles. The number of thioether (sulfide) groups is 1. The summed E-state index contributed by atoms with van der Waals surface area (Å²) >= 11 is 7.96. The summed E-state index contributed by atoms with van der Waals surface area (Å²) < 4.78 is 0. The van der Waals surface area contributed by atoms with Gasteiger partial charge in [-0.15, -0.1) is 0 Å². The summed E-state index contributed by atoms with van der Waals surface area (Å²) in [6, 6.07) is 8.79. The Bertz CT molecular complexity index is 313. The van der Waals surface area contributed by atoms with Gasteiger partial charge in [-0.2, -0.15) is 11.8 Å². The van der Waals surface area contributed by atoms with Crippen molar-refractivity contribution in [1.29, 1.82) is 0 Å². The van der Waals surface area contributed by atoms with Crippen LogP contribution in [-0.2, 0) is 6.42 Å². The van der Waals surface area contributed by atoms with Crippen molar-refractivity contribution in [3.63, 3.8) is 0 Å². The van der Waals surface area contributed by atoms with Crippen LogP contribution in [0, 0.1) is 0 Å². The van der Waals surface area contributed by atoms with E-state index >= 15 is 0 Å². The van der Waals surface area contributed by atoms with Crippen molar-refractivity contribution in [2.75, 3.05) is 18.1 Å². The van der Waals surface area contributed by atoms with Crippen LogP contribution < -0.4 is 5.32 Å². The monoisotopic (exact) mass is 285 g/mol. The molecule has 1 nitrogen and oxygen atoms in total. The number of halogens is 1. The van der Waals surface area contributed by atoms with E-state index in [-0.39, 0.29) is 0 Å². The van der Waals surface area contributed by atoms with Crippen LogP contribution in [0.2, 0.25) is 5.02 Å². The molecule has 0 spiro atoms. The highest BCUT2D eigenvalue weighted by Gasteiger charge is 2.08. The van der Waals surface area contributed by atoms with E-state index in [2.05, 4.69) is 31.3 Å². The molecule has 0 aliphatic heterocycles. The van der Waals surface area contributed by atoms with E-state index in [1.165, 1.54) is 29.9 Å². The molecule has 0 saturated heterocycles. The highest BCUT2D eigenvalue weighted by atomic mass is 35.5. The van der Waals surface area contributed by atoms with Gasteiger partial charge in [-0.3, -0.25) is 0 Å². The van der Waals surface area contributed by atoms with Gasteiger partial charge in [-0.25, -0.2) is 0 Å². The second-order valence-corrected chi connectivity index (χ2v) is 6.14. The van der Waals surface area contributed by atoms with Gasteiger partial charge in [0.2, 0.25) is 0 Å². The van der Waals surface area contributed by atoms with Crippen molar-refractivity contribution in [3.05, 3.63) is 34.9 Å². The molecule has 0 amide bonds. The van der Waals surface area contributed by atoms with Crippen molar-refractivity contribution in [2.45, 2.75) is 39.2 Å². The van der Waals surface area contributed by atoms with Gasteiger partial charge in [0.1, 0.15) is 0 Å².